The quantitative estimate of drug-likeness (QED) is 0.538. The molecule has 1 atom stereocenters. The van der Waals surface area contributed by atoms with E-state index in [1.807, 2.05) is 0 Å². The molecule has 0 aromatic carbocycles. The van der Waals surface area contributed by atoms with Crippen molar-refractivity contribution in [1.29, 1.82) is 0 Å². The molecule has 0 N–H and O–H groups in total. The van der Waals surface area contributed by atoms with Crippen molar-refractivity contribution in [2.24, 2.45) is 0 Å². The van der Waals surface area contributed by atoms with Gasteiger partial charge >= 0.3 is 0 Å². The summed E-state index contributed by atoms with van der Waals surface area (Å²) in [5, 5.41) is 0. The monoisotopic (exact) mass is 136 g/mol. The van der Waals surface area contributed by atoms with Crippen LogP contribution in [0.25, 0.3) is 0 Å². The SMILES string of the molecule is C=COC(CC)C(F)F. The van der Waals surface area contributed by atoms with Crippen molar-refractivity contribution in [3.63, 3.8) is 0 Å². The Hall–Kier alpha value is -0.600. The molecule has 1 unspecified atom stereocenters. The maximum atomic E-state index is 11.7. The number of hydrogen-bond acceptors (Lipinski definition) is 1. The molecule has 9 heavy (non-hydrogen) atoms. The van der Waals surface area contributed by atoms with Crippen LogP contribution in [0.3, 0.4) is 0 Å². The van der Waals surface area contributed by atoms with Gasteiger partial charge in [0.15, 0.2) is 6.10 Å². The minimum absolute atomic E-state index is 0.309. The largest absolute Gasteiger partial charge is 0.493 e. The van der Waals surface area contributed by atoms with E-state index in [4.69, 9.17) is 0 Å². The molecular formula is C6H10F2O. The van der Waals surface area contributed by atoms with Crippen molar-refractivity contribution >= 4 is 0 Å². The van der Waals surface area contributed by atoms with E-state index in [0.717, 1.165) is 6.26 Å². The van der Waals surface area contributed by atoms with E-state index in [0.29, 0.717) is 6.42 Å². The van der Waals surface area contributed by atoms with Crippen LogP contribution in [0.15, 0.2) is 12.8 Å². The third-order valence-corrected chi connectivity index (χ3v) is 0.954. The lowest BCUT2D eigenvalue weighted by molar-refractivity contribution is -0.0149. The van der Waals surface area contributed by atoms with E-state index in [-0.39, 0.29) is 0 Å². The number of hydrogen-bond donors (Lipinski definition) is 0. The van der Waals surface area contributed by atoms with Crippen molar-refractivity contribution < 1.29 is 13.5 Å². The van der Waals surface area contributed by atoms with Gasteiger partial charge in [0.25, 0.3) is 6.43 Å². The van der Waals surface area contributed by atoms with Gasteiger partial charge in [-0.2, -0.15) is 0 Å². The third kappa shape index (κ3) is 3.06. The summed E-state index contributed by atoms with van der Waals surface area (Å²) in [5.41, 5.74) is 0. The Morgan fingerprint density at radius 1 is 1.67 bits per heavy atom. The molecule has 0 radical (unpaired) electrons. The van der Waals surface area contributed by atoms with E-state index in [1.165, 1.54) is 0 Å². The second kappa shape index (κ2) is 4.30. The summed E-state index contributed by atoms with van der Waals surface area (Å²) in [5.74, 6) is 0. The van der Waals surface area contributed by atoms with Crippen molar-refractivity contribution in [3.05, 3.63) is 12.8 Å². The first-order valence-electron chi connectivity index (χ1n) is 2.76. The summed E-state index contributed by atoms with van der Waals surface area (Å²) in [6.45, 7) is 4.81. The Labute approximate surface area is 53.3 Å². The number of ether oxygens (including phenoxy) is 1. The smallest absolute Gasteiger partial charge is 0.274 e. The number of halogens is 2. The van der Waals surface area contributed by atoms with Gasteiger partial charge in [-0.3, -0.25) is 0 Å². The Morgan fingerprint density at radius 2 is 2.22 bits per heavy atom. The molecule has 1 nitrogen and oxygen atoms in total. The Kier molecular flexibility index (Phi) is 4.01. The summed E-state index contributed by atoms with van der Waals surface area (Å²) in [6.07, 6.45) is -2.04. The van der Waals surface area contributed by atoms with Gasteiger partial charge in [0.2, 0.25) is 0 Å². The molecule has 0 saturated heterocycles. The molecule has 0 aromatic rings. The van der Waals surface area contributed by atoms with Crippen LogP contribution in [0.1, 0.15) is 13.3 Å². The van der Waals surface area contributed by atoms with E-state index in [9.17, 15) is 8.78 Å². The van der Waals surface area contributed by atoms with Crippen LogP contribution in [0, 0.1) is 0 Å². The van der Waals surface area contributed by atoms with Crippen LogP contribution >= 0.6 is 0 Å². The van der Waals surface area contributed by atoms with Gasteiger partial charge in [0.1, 0.15) is 0 Å². The fraction of sp³-hybridized carbons (Fsp3) is 0.667. The van der Waals surface area contributed by atoms with Crippen molar-refractivity contribution in [1.82, 2.24) is 0 Å². The summed E-state index contributed by atoms with van der Waals surface area (Å²) >= 11 is 0. The molecule has 0 aromatic heterocycles. The molecule has 0 aliphatic heterocycles. The minimum Gasteiger partial charge on any atom is -0.493 e. The van der Waals surface area contributed by atoms with E-state index in [1.54, 1.807) is 6.92 Å². The average molecular weight is 136 g/mol. The third-order valence-electron chi connectivity index (χ3n) is 0.954. The first-order chi connectivity index (χ1) is 4.22. The zero-order valence-electron chi connectivity index (χ0n) is 5.31. The van der Waals surface area contributed by atoms with Gasteiger partial charge in [-0.25, -0.2) is 8.78 Å². The number of rotatable bonds is 4. The summed E-state index contributed by atoms with van der Waals surface area (Å²) in [7, 11) is 0. The van der Waals surface area contributed by atoms with Gasteiger partial charge in [-0.05, 0) is 6.42 Å². The van der Waals surface area contributed by atoms with Crippen LogP contribution in [0.4, 0.5) is 8.78 Å². The molecule has 0 aliphatic carbocycles. The fourth-order valence-electron chi connectivity index (χ4n) is 0.457. The summed E-state index contributed by atoms with van der Waals surface area (Å²) in [4.78, 5) is 0. The lowest BCUT2D eigenvalue weighted by atomic mass is 10.3. The molecular weight excluding hydrogens is 126 g/mol. The van der Waals surface area contributed by atoms with Gasteiger partial charge in [0, 0.05) is 0 Å². The van der Waals surface area contributed by atoms with Crippen LogP contribution in [-0.2, 0) is 4.74 Å². The van der Waals surface area contributed by atoms with Crippen LogP contribution < -0.4 is 0 Å². The summed E-state index contributed by atoms with van der Waals surface area (Å²) in [6, 6.07) is 0. The molecule has 0 amide bonds. The Bertz CT molecular complexity index is 83.1. The first-order valence-corrected chi connectivity index (χ1v) is 2.76. The molecule has 0 rings (SSSR count). The molecule has 0 saturated carbocycles. The van der Waals surface area contributed by atoms with Crippen LogP contribution in [0.2, 0.25) is 0 Å². The first kappa shape index (κ1) is 8.40. The average Bonchev–Trinajstić information content (AvgIpc) is 1.82. The molecule has 54 valence electrons. The second-order valence-electron chi connectivity index (χ2n) is 1.58. The van der Waals surface area contributed by atoms with Crippen molar-refractivity contribution in [2.75, 3.05) is 0 Å². The van der Waals surface area contributed by atoms with Crippen LogP contribution in [0.5, 0.6) is 0 Å². The zero-order valence-corrected chi connectivity index (χ0v) is 5.31. The Morgan fingerprint density at radius 3 is 2.33 bits per heavy atom. The highest BCUT2D eigenvalue weighted by atomic mass is 19.3. The molecule has 0 bridgehead atoms. The summed E-state index contributed by atoms with van der Waals surface area (Å²) < 4.78 is 27.9. The minimum atomic E-state index is -2.41. The van der Waals surface area contributed by atoms with Crippen molar-refractivity contribution in [3.8, 4) is 0 Å². The van der Waals surface area contributed by atoms with Gasteiger partial charge in [-0.15, -0.1) is 0 Å². The zero-order chi connectivity index (χ0) is 7.28. The highest BCUT2D eigenvalue weighted by molar-refractivity contribution is 4.62. The van der Waals surface area contributed by atoms with Gasteiger partial charge in [-0.1, -0.05) is 13.5 Å². The standard InChI is InChI=1S/C6H10F2O/c1-3-5(6(7)8)9-4-2/h4-6H,2-3H2,1H3. The lowest BCUT2D eigenvalue weighted by Crippen LogP contribution is -2.18. The Balaban J connectivity index is 3.53. The predicted octanol–water partition coefficient (Wildman–Crippen LogP) is 2.19. The fourth-order valence-corrected chi connectivity index (χ4v) is 0.457. The molecule has 3 heteroatoms. The number of alkyl halides is 2. The van der Waals surface area contributed by atoms with Gasteiger partial charge < -0.3 is 4.74 Å². The predicted molar refractivity (Wildman–Crippen MR) is 31.4 cm³/mol. The molecule has 0 fully saturated rings. The van der Waals surface area contributed by atoms with E-state index >= 15 is 0 Å². The molecule has 0 spiro atoms. The maximum absolute atomic E-state index is 11.7. The lowest BCUT2D eigenvalue weighted by Gasteiger charge is -2.11. The van der Waals surface area contributed by atoms with Gasteiger partial charge in [0.05, 0.1) is 6.26 Å². The van der Waals surface area contributed by atoms with Crippen molar-refractivity contribution in [2.45, 2.75) is 25.9 Å². The normalized spacial score (nSPS) is 13.3. The molecule has 0 heterocycles. The van der Waals surface area contributed by atoms with E-state index < -0.39 is 12.5 Å². The highest BCUT2D eigenvalue weighted by Crippen LogP contribution is 2.08. The van der Waals surface area contributed by atoms with E-state index in [2.05, 4.69) is 11.3 Å². The topological polar surface area (TPSA) is 9.23 Å². The molecule has 0 aliphatic rings. The second-order valence-corrected chi connectivity index (χ2v) is 1.58. The highest BCUT2D eigenvalue weighted by Gasteiger charge is 2.17. The maximum Gasteiger partial charge on any atom is 0.274 e. The van der Waals surface area contributed by atoms with Crippen LogP contribution in [-0.4, -0.2) is 12.5 Å².